The third-order valence-electron chi connectivity index (χ3n) is 4.01. The van der Waals surface area contributed by atoms with E-state index in [0.717, 1.165) is 0 Å². The SMILES string of the molecule is CSCC[C@H](NS(=O)(=O)c1cc(C(F)(F)F)cc(C(F)(F)F)c1)C(=O)N/N=C\c1cccs1. The summed E-state index contributed by atoms with van der Waals surface area (Å²) >= 11 is 2.57. The molecule has 1 heterocycles. The highest BCUT2D eigenvalue weighted by Crippen LogP contribution is 2.37. The highest BCUT2D eigenvalue weighted by atomic mass is 32.2. The van der Waals surface area contributed by atoms with Gasteiger partial charge in [0.15, 0.2) is 0 Å². The first kappa shape index (κ1) is 27.1. The van der Waals surface area contributed by atoms with Crippen molar-refractivity contribution in [1.82, 2.24) is 10.1 Å². The predicted octanol–water partition coefficient (Wildman–Crippen LogP) is 4.34. The molecule has 1 aromatic carbocycles. The van der Waals surface area contributed by atoms with E-state index in [1.165, 1.54) is 29.3 Å². The van der Waals surface area contributed by atoms with E-state index in [-0.39, 0.29) is 30.4 Å². The molecule has 2 rings (SSSR count). The average molecular weight is 534 g/mol. The molecule has 1 atom stereocenters. The van der Waals surface area contributed by atoms with E-state index >= 15 is 0 Å². The summed E-state index contributed by atoms with van der Waals surface area (Å²) in [7, 11) is -4.94. The van der Waals surface area contributed by atoms with Crippen molar-refractivity contribution in [2.45, 2.75) is 29.7 Å². The smallest absolute Gasteiger partial charge is 0.271 e. The number of thioether (sulfide) groups is 1. The van der Waals surface area contributed by atoms with E-state index in [9.17, 15) is 39.6 Å². The van der Waals surface area contributed by atoms with E-state index in [1.54, 1.807) is 23.8 Å². The summed E-state index contributed by atoms with van der Waals surface area (Å²) in [6.07, 6.45) is -7.58. The Balaban J connectivity index is 2.34. The summed E-state index contributed by atoms with van der Waals surface area (Å²) in [4.78, 5) is 11.8. The second kappa shape index (κ2) is 10.9. The molecule has 0 bridgehead atoms. The number of nitrogens with zero attached hydrogens (tertiary/aromatic N) is 1. The third kappa shape index (κ3) is 8.01. The highest BCUT2D eigenvalue weighted by molar-refractivity contribution is 7.98. The second-order valence-corrected chi connectivity index (χ2v) is 10.1. The first-order chi connectivity index (χ1) is 15.2. The van der Waals surface area contributed by atoms with Crippen molar-refractivity contribution < 1.29 is 39.6 Å². The lowest BCUT2D eigenvalue weighted by Crippen LogP contribution is -2.45. The van der Waals surface area contributed by atoms with Crippen molar-refractivity contribution in [2.75, 3.05) is 12.0 Å². The number of sulfonamides is 1. The van der Waals surface area contributed by atoms with Gasteiger partial charge in [-0.05, 0) is 48.1 Å². The summed E-state index contributed by atoms with van der Waals surface area (Å²) in [5, 5.41) is 5.44. The highest BCUT2D eigenvalue weighted by Gasteiger charge is 2.38. The second-order valence-electron chi connectivity index (χ2n) is 6.45. The molecule has 0 unspecified atom stereocenters. The average Bonchev–Trinajstić information content (AvgIpc) is 3.22. The number of rotatable bonds is 9. The molecule has 0 aliphatic heterocycles. The maximum Gasteiger partial charge on any atom is 0.416 e. The standard InChI is InChI=1S/C18H17F6N3O3S3/c1-31-6-4-15(16(28)26-25-10-13-3-2-5-32-13)27-33(29,30)14-8-11(17(19,20)21)7-12(9-14)18(22,23)24/h2-3,5,7-10,15,27H,4,6H2,1H3,(H,26,28)/b25-10-/t15-/m0/s1. The quantitative estimate of drug-likeness (QED) is 0.285. The molecule has 0 saturated heterocycles. The molecule has 182 valence electrons. The molecule has 33 heavy (non-hydrogen) atoms. The zero-order valence-corrected chi connectivity index (χ0v) is 19.1. The lowest BCUT2D eigenvalue weighted by molar-refractivity contribution is -0.143. The van der Waals surface area contributed by atoms with Gasteiger partial charge in [0.05, 0.1) is 22.2 Å². The zero-order valence-electron chi connectivity index (χ0n) is 16.7. The first-order valence-corrected chi connectivity index (χ1v) is 12.7. The molecule has 1 amide bonds. The van der Waals surface area contributed by atoms with Crippen LogP contribution >= 0.6 is 23.1 Å². The largest absolute Gasteiger partial charge is 0.416 e. The Morgan fingerprint density at radius 2 is 1.76 bits per heavy atom. The number of hydrogen-bond acceptors (Lipinski definition) is 6. The van der Waals surface area contributed by atoms with Gasteiger partial charge in [0.25, 0.3) is 5.91 Å². The summed E-state index contributed by atoms with van der Waals surface area (Å²) in [5.74, 6) is -0.658. The normalized spacial score (nSPS) is 13.9. The minimum Gasteiger partial charge on any atom is -0.271 e. The zero-order chi connectivity index (χ0) is 24.9. The van der Waals surface area contributed by atoms with Crippen molar-refractivity contribution in [3.63, 3.8) is 0 Å². The number of hydrogen-bond donors (Lipinski definition) is 2. The molecule has 2 aromatic rings. The van der Waals surface area contributed by atoms with Crippen LogP contribution in [0.15, 0.2) is 45.7 Å². The Hall–Kier alpha value is -2.10. The molecule has 2 N–H and O–H groups in total. The van der Waals surface area contributed by atoms with E-state index in [2.05, 4.69) is 10.5 Å². The van der Waals surface area contributed by atoms with Gasteiger partial charge in [0, 0.05) is 4.88 Å². The van der Waals surface area contributed by atoms with Gasteiger partial charge in [-0.15, -0.1) is 11.3 Å². The number of alkyl halides is 6. The lowest BCUT2D eigenvalue weighted by Gasteiger charge is -2.18. The van der Waals surface area contributed by atoms with E-state index < -0.39 is 50.3 Å². The molecule has 15 heteroatoms. The van der Waals surface area contributed by atoms with E-state index in [0.29, 0.717) is 4.88 Å². The number of halogens is 6. The summed E-state index contributed by atoms with van der Waals surface area (Å²) in [6, 6.07) is 1.91. The Bertz CT molecular complexity index is 1050. The van der Waals surface area contributed by atoms with Crippen LogP contribution in [-0.4, -0.2) is 38.6 Å². The van der Waals surface area contributed by atoms with Gasteiger partial charge in [-0.1, -0.05) is 6.07 Å². The van der Waals surface area contributed by atoms with Crippen LogP contribution in [0.1, 0.15) is 22.4 Å². The molecule has 0 saturated carbocycles. The maximum atomic E-state index is 13.1. The van der Waals surface area contributed by atoms with Gasteiger partial charge in [-0.3, -0.25) is 4.79 Å². The van der Waals surface area contributed by atoms with Crippen molar-refractivity contribution in [3.8, 4) is 0 Å². The predicted molar refractivity (Wildman–Crippen MR) is 114 cm³/mol. The first-order valence-electron chi connectivity index (χ1n) is 8.91. The van der Waals surface area contributed by atoms with Gasteiger partial charge < -0.3 is 0 Å². The van der Waals surface area contributed by atoms with Gasteiger partial charge in [-0.25, -0.2) is 13.8 Å². The van der Waals surface area contributed by atoms with Crippen molar-refractivity contribution in [2.24, 2.45) is 5.10 Å². The van der Waals surface area contributed by atoms with Crippen molar-refractivity contribution in [1.29, 1.82) is 0 Å². The van der Waals surface area contributed by atoms with E-state index in [1.807, 2.05) is 4.72 Å². The molecular weight excluding hydrogens is 516 g/mol. The van der Waals surface area contributed by atoms with Crippen LogP contribution in [0.25, 0.3) is 0 Å². The molecule has 6 nitrogen and oxygen atoms in total. The van der Waals surface area contributed by atoms with Crippen LogP contribution in [0.2, 0.25) is 0 Å². The molecular formula is C18H17F6N3O3S3. The van der Waals surface area contributed by atoms with Crippen LogP contribution in [0.4, 0.5) is 26.3 Å². The van der Waals surface area contributed by atoms with Gasteiger partial charge in [0.1, 0.15) is 6.04 Å². The molecule has 0 aliphatic carbocycles. The van der Waals surface area contributed by atoms with Gasteiger partial charge in [-0.2, -0.15) is 47.9 Å². The Morgan fingerprint density at radius 3 is 2.24 bits per heavy atom. The molecule has 1 aromatic heterocycles. The van der Waals surface area contributed by atoms with Crippen LogP contribution in [0, 0.1) is 0 Å². The van der Waals surface area contributed by atoms with Crippen molar-refractivity contribution >= 4 is 45.2 Å². The fraction of sp³-hybridized carbons (Fsp3) is 0.333. The van der Waals surface area contributed by atoms with Crippen LogP contribution < -0.4 is 10.1 Å². The number of amides is 1. The monoisotopic (exact) mass is 533 g/mol. The molecule has 0 spiro atoms. The fourth-order valence-corrected chi connectivity index (χ4v) is 4.77. The number of thiophene rings is 1. The van der Waals surface area contributed by atoms with Crippen LogP contribution in [0.3, 0.4) is 0 Å². The Kier molecular flexibility index (Phi) is 8.95. The minimum absolute atomic E-state index is 0.0794. The fourth-order valence-electron chi connectivity index (χ4n) is 2.42. The Morgan fingerprint density at radius 1 is 1.15 bits per heavy atom. The van der Waals surface area contributed by atoms with Gasteiger partial charge in [0.2, 0.25) is 10.0 Å². The molecule has 0 radical (unpaired) electrons. The number of hydrazone groups is 1. The van der Waals surface area contributed by atoms with Crippen LogP contribution in [-0.2, 0) is 27.2 Å². The van der Waals surface area contributed by atoms with Crippen molar-refractivity contribution in [3.05, 3.63) is 51.7 Å². The molecule has 0 aliphatic rings. The number of nitrogens with one attached hydrogen (secondary N) is 2. The number of carbonyl (C=O) groups is 1. The molecule has 0 fully saturated rings. The topological polar surface area (TPSA) is 87.6 Å². The summed E-state index contributed by atoms with van der Waals surface area (Å²) < 4.78 is 106. The van der Waals surface area contributed by atoms with Gasteiger partial charge >= 0.3 is 12.4 Å². The third-order valence-corrected chi connectivity index (χ3v) is 6.91. The minimum atomic E-state index is -5.22. The lowest BCUT2D eigenvalue weighted by atomic mass is 10.1. The van der Waals surface area contributed by atoms with E-state index in [4.69, 9.17) is 0 Å². The number of benzene rings is 1. The number of carbonyl (C=O) groups excluding carboxylic acids is 1. The summed E-state index contributed by atoms with van der Waals surface area (Å²) in [5.41, 5.74) is -1.46. The maximum absolute atomic E-state index is 13.1. The van der Waals surface area contributed by atoms with Crippen LogP contribution in [0.5, 0.6) is 0 Å². The Labute approximate surface area is 193 Å². The summed E-state index contributed by atoms with van der Waals surface area (Å²) in [6.45, 7) is 0.